The summed E-state index contributed by atoms with van der Waals surface area (Å²) in [4.78, 5) is 36.2. The first-order valence-electron chi connectivity index (χ1n) is 11.9. The molecule has 1 aliphatic rings. The van der Waals surface area contributed by atoms with E-state index in [9.17, 15) is 9.59 Å². The van der Waals surface area contributed by atoms with E-state index in [1.165, 1.54) is 6.92 Å². The van der Waals surface area contributed by atoms with Crippen LogP contribution in [0.25, 0.3) is 33.1 Å². The van der Waals surface area contributed by atoms with Crippen molar-refractivity contribution in [3.8, 4) is 11.3 Å². The summed E-state index contributed by atoms with van der Waals surface area (Å²) in [5.74, 6) is 0.0771. The molecule has 1 N–H and O–H groups in total. The Bertz CT molecular complexity index is 1720. The van der Waals surface area contributed by atoms with E-state index in [-0.39, 0.29) is 11.3 Å². The molecule has 37 heavy (non-hydrogen) atoms. The van der Waals surface area contributed by atoms with Crippen LogP contribution in [0.15, 0.2) is 64.1 Å². The van der Waals surface area contributed by atoms with Gasteiger partial charge >= 0.3 is 5.63 Å². The second-order valence-electron chi connectivity index (χ2n) is 8.91. The average molecular weight is 497 g/mol. The first-order chi connectivity index (χ1) is 18.0. The summed E-state index contributed by atoms with van der Waals surface area (Å²) < 4.78 is 12.9. The lowest BCUT2D eigenvalue weighted by molar-refractivity contribution is 0.101. The summed E-state index contributed by atoms with van der Waals surface area (Å²) in [7, 11) is 1.91. The molecule has 186 valence electrons. The van der Waals surface area contributed by atoms with Crippen LogP contribution in [-0.2, 0) is 11.8 Å². The van der Waals surface area contributed by atoms with Gasteiger partial charge in [0.2, 0.25) is 5.95 Å². The Hall–Kier alpha value is -4.57. The van der Waals surface area contributed by atoms with Crippen LogP contribution in [0.2, 0.25) is 0 Å². The minimum Gasteiger partial charge on any atom is -0.422 e. The van der Waals surface area contributed by atoms with Crippen molar-refractivity contribution in [1.29, 1.82) is 0 Å². The number of ether oxygens (including phenoxy) is 1. The molecule has 3 aromatic heterocycles. The number of hydrogen-bond donors (Lipinski definition) is 1. The second-order valence-corrected chi connectivity index (χ2v) is 8.91. The summed E-state index contributed by atoms with van der Waals surface area (Å²) in [5, 5.41) is 9.22. The van der Waals surface area contributed by atoms with Crippen LogP contribution in [0.1, 0.15) is 17.3 Å². The van der Waals surface area contributed by atoms with Gasteiger partial charge in [0.05, 0.1) is 36.3 Å². The number of Topliss-reactive ketones (excluding diaryl/α,β-unsaturated/α-hetero) is 1. The Morgan fingerprint density at radius 2 is 1.92 bits per heavy atom. The maximum atomic E-state index is 12.8. The highest BCUT2D eigenvalue weighted by Crippen LogP contribution is 2.32. The molecule has 0 unspecified atom stereocenters. The fourth-order valence-electron chi connectivity index (χ4n) is 4.72. The third kappa shape index (κ3) is 4.21. The molecular weight excluding hydrogens is 472 g/mol. The van der Waals surface area contributed by atoms with Gasteiger partial charge < -0.3 is 19.4 Å². The second kappa shape index (κ2) is 9.14. The Kier molecular flexibility index (Phi) is 5.65. The molecular formula is C27H24N6O4. The Morgan fingerprint density at radius 1 is 1.08 bits per heavy atom. The number of morpholine rings is 1. The number of hydrogen-bond acceptors (Lipinski definition) is 9. The van der Waals surface area contributed by atoms with E-state index in [0.29, 0.717) is 54.6 Å². The van der Waals surface area contributed by atoms with Crippen molar-refractivity contribution in [3.05, 3.63) is 70.8 Å². The maximum Gasteiger partial charge on any atom is 0.349 e. The number of anilines is 3. The largest absolute Gasteiger partial charge is 0.422 e. The zero-order valence-corrected chi connectivity index (χ0v) is 20.4. The Labute approximate surface area is 211 Å². The molecule has 0 radical (unpaired) electrons. The van der Waals surface area contributed by atoms with Gasteiger partial charge in [0.15, 0.2) is 5.78 Å². The van der Waals surface area contributed by atoms with Gasteiger partial charge in [0.25, 0.3) is 0 Å². The van der Waals surface area contributed by atoms with Crippen LogP contribution in [0.3, 0.4) is 0 Å². The van der Waals surface area contributed by atoms with Gasteiger partial charge in [-0.3, -0.25) is 9.48 Å². The summed E-state index contributed by atoms with van der Waals surface area (Å²) in [6.45, 7) is 3.61. The molecule has 10 heteroatoms. The van der Waals surface area contributed by atoms with Crippen LogP contribution in [0, 0.1) is 0 Å². The Balaban J connectivity index is 1.36. The zero-order chi connectivity index (χ0) is 25.5. The predicted octanol–water partition coefficient (Wildman–Crippen LogP) is 3.92. The zero-order valence-electron chi connectivity index (χ0n) is 20.4. The number of aromatic nitrogens is 4. The minimum atomic E-state index is -0.650. The topological polar surface area (TPSA) is 115 Å². The number of carbonyl (C=O) groups is 1. The number of benzene rings is 2. The third-order valence-electron chi connectivity index (χ3n) is 6.51. The smallest absolute Gasteiger partial charge is 0.349 e. The average Bonchev–Trinajstić information content (AvgIpc) is 3.28. The van der Waals surface area contributed by atoms with Gasteiger partial charge in [-0.25, -0.2) is 14.8 Å². The summed E-state index contributed by atoms with van der Waals surface area (Å²) in [6.07, 6.45) is 3.51. The van der Waals surface area contributed by atoms with E-state index in [2.05, 4.69) is 20.4 Å². The van der Waals surface area contributed by atoms with Gasteiger partial charge in [-0.15, -0.1) is 0 Å². The minimum absolute atomic E-state index is 0.0664. The standard InChI is InChI=1S/C27H24N6O4/c1-16(34)24-25(33-9-11-36-12-10-33)20-5-4-19(14-23(20)37-26(24)35)30-27-28-8-7-21(31-27)17-3-6-22-18(13-17)15-29-32(22)2/h3-8,13-15H,9-12H2,1-2H3,(H,28,30,31). The summed E-state index contributed by atoms with van der Waals surface area (Å²) in [5.41, 5.74) is 3.78. The molecule has 1 saturated heterocycles. The highest BCUT2D eigenvalue weighted by molar-refractivity contribution is 6.07. The molecule has 6 rings (SSSR count). The first kappa shape index (κ1) is 22.9. The highest BCUT2D eigenvalue weighted by atomic mass is 16.5. The molecule has 0 atom stereocenters. The quantitative estimate of drug-likeness (QED) is 0.285. The molecule has 0 bridgehead atoms. The summed E-state index contributed by atoms with van der Waals surface area (Å²) in [6, 6.07) is 13.3. The lowest BCUT2D eigenvalue weighted by Crippen LogP contribution is -2.38. The lowest BCUT2D eigenvalue weighted by atomic mass is 10.1. The summed E-state index contributed by atoms with van der Waals surface area (Å²) >= 11 is 0. The van der Waals surface area contributed by atoms with Crippen LogP contribution in [-0.4, -0.2) is 51.8 Å². The number of fused-ring (bicyclic) bond motifs is 2. The molecule has 2 aromatic carbocycles. The van der Waals surface area contributed by atoms with E-state index in [1.807, 2.05) is 59.2 Å². The number of rotatable bonds is 5. The lowest BCUT2D eigenvalue weighted by Gasteiger charge is -2.30. The molecule has 1 aliphatic heterocycles. The monoisotopic (exact) mass is 496 g/mol. The van der Waals surface area contributed by atoms with Crippen LogP contribution >= 0.6 is 0 Å². The van der Waals surface area contributed by atoms with Gasteiger partial charge in [0, 0.05) is 54.4 Å². The highest BCUT2D eigenvalue weighted by Gasteiger charge is 2.24. The SMILES string of the molecule is CC(=O)c1c(N2CCOCC2)c2ccc(Nc3nccc(-c4ccc5c(cnn5C)c4)n3)cc2oc1=O. The predicted molar refractivity (Wildman–Crippen MR) is 141 cm³/mol. The van der Waals surface area contributed by atoms with Crippen molar-refractivity contribution in [2.45, 2.75) is 6.92 Å². The fraction of sp³-hybridized carbons (Fsp3) is 0.222. The molecule has 0 amide bonds. The number of ketones is 1. The fourth-order valence-corrected chi connectivity index (χ4v) is 4.72. The van der Waals surface area contributed by atoms with E-state index in [0.717, 1.165) is 22.2 Å². The van der Waals surface area contributed by atoms with Crippen molar-refractivity contribution < 1.29 is 13.9 Å². The third-order valence-corrected chi connectivity index (χ3v) is 6.51. The van der Waals surface area contributed by atoms with Gasteiger partial charge in [-0.05, 0) is 37.3 Å². The number of carbonyl (C=O) groups excluding carboxylic acids is 1. The van der Waals surface area contributed by atoms with Gasteiger partial charge in [-0.2, -0.15) is 5.10 Å². The molecule has 5 aromatic rings. The van der Waals surface area contributed by atoms with Crippen molar-refractivity contribution in [3.63, 3.8) is 0 Å². The van der Waals surface area contributed by atoms with Crippen molar-refractivity contribution >= 4 is 45.0 Å². The van der Waals surface area contributed by atoms with Crippen LogP contribution < -0.4 is 15.8 Å². The molecule has 0 saturated carbocycles. The van der Waals surface area contributed by atoms with Crippen molar-refractivity contribution in [2.24, 2.45) is 7.05 Å². The van der Waals surface area contributed by atoms with Gasteiger partial charge in [-0.1, -0.05) is 6.07 Å². The maximum absolute atomic E-state index is 12.8. The molecule has 0 aliphatic carbocycles. The van der Waals surface area contributed by atoms with Crippen LogP contribution in [0.5, 0.6) is 0 Å². The number of aryl methyl sites for hydroxylation is 1. The van der Waals surface area contributed by atoms with Crippen LogP contribution in [0.4, 0.5) is 17.3 Å². The molecule has 10 nitrogen and oxygen atoms in total. The number of nitrogens with one attached hydrogen (secondary N) is 1. The van der Waals surface area contributed by atoms with E-state index in [1.54, 1.807) is 12.3 Å². The number of nitrogens with zero attached hydrogens (tertiary/aromatic N) is 5. The first-order valence-corrected chi connectivity index (χ1v) is 11.9. The van der Waals surface area contributed by atoms with Crippen molar-refractivity contribution in [2.75, 3.05) is 36.5 Å². The van der Waals surface area contributed by atoms with E-state index >= 15 is 0 Å². The van der Waals surface area contributed by atoms with Crippen molar-refractivity contribution in [1.82, 2.24) is 19.7 Å². The van der Waals surface area contributed by atoms with E-state index in [4.69, 9.17) is 9.15 Å². The Morgan fingerprint density at radius 3 is 2.73 bits per heavy atom. The molecule has 4 heterocycles. The molecule has 1 fully saturated rings. The molecule has 0 spiro atoms. The van der Waals surface area contributed by atoms with Gasteiger partial charge in [0.1, 0.15) is 11.1 Å². The normalized spacial score (nSPS) is 13.8. The van der Waals surface area contributed by atoms with E-state index < -0.39 is 5.63 Å².